The number of hydrogen-bond donors (Lipinski definition) is 2. The van der Waals surface area contributed by atoms with Crippen molar-refractivity contribution >= 4 is 11.6 Å². The lowest BCUT2D eigenvalue weighted by molar-refractivity contribution is -0.140. The van der Waals surface area contributed by atoms with Crippen molar-refractivity contribution < 1.29 is 32.5 Å². The van der Waals surface area contributed by atoms with Crippen molar-refractivity contribution in [2.75, 3.05) is 18.5 Å². The summed E-state index contributed by atoms with van der Waals surface area (Å²) in [6.07, 6.45) is -5.92. The number of amides is 1. The van der Waals surface area contributed by atoms with Crippen molar-refractivity contribution in [3.05, 3.63) is 59.2 Å². The van der Waals surface area contributed by atoms with Crippen molar-refractivity contribution in [3.8, 4) is 17.9 Å². The van der Waals surface area contributed by atoms with Crippen LogP contribution in [0.5, 0.6) is 5.75 Å². The molecule has 10 heteroatoms. The van der Waals surface area contributed by atoms with Crippen LogP contribution in [-0.2, 0) is 15.7 Å². The highest BCUT2D eigenvalue weighted by Gasteiger charge is 2.51. The maximum atomic E-state index is 13.1. The zero-order valence-electron chi connectivity index (χ0n) is 15.2. The largest absolute Gasteiger partial charge is 0.484 e. The molecular weight excluding hydrogens is 403 g/mol. The minimum absolute atomic E-state index is 0.134. The number of halogens is 3. The average Bonchev–Trinajstić information content (AvgIpc) is 3.09. The van der Waals surface area contributed by atoms with Gasteiger partial charge in [0.15, 0.2) is 6.10 Å². The molecule has 1 aliphatic heterocycles. The standard InChI is InChI=1S/C20H14F3N3O4/c21-20(22,23)16-7-14(4-3-13(16)9-25)26-18(27)19(28)11-29-10-17(19)30-15-5-1-12(8-24)2-6-15/h1-7,17,28H,10-11H2,(H,26,27). The summed E-state index contributed by atoms with van der Waals surface area (Å²) in [7, 11) is 0. The summed E-state index contributed by atoms with van der Waals surface area (Å²) < 4.78 is 50.1. The highest BCUT2D eigenvalue weighted by atomic mass is 19.4. The van der Waals surface area contributed by atoms with Gasteiger partial charge in [0.2, 0.25) is 5.60 Å². The maximum absolute atomic E-state index is 13.1. The Morgan fingerprint density at radius 2 is 1.90 bits per heavy atom. The van der Waals surface area contributed by atoms with E-state index in [4.69, 9.17) is 20.0 Å². The topological polar surface area (TPSA) is 115 Å². The molecule has 0 spiro atoms. The molecule has 0 radical (unpaired) electrons. The highest BCUT2D eigenvalue weighted by molar-refractivity contribution is 5.98. The van der Waals surface area contributed by atoms with Crippen LogP contribution in [0.4, 0.5) is 18.9 Å². The van der Waals surface area contributed by atoms with E-state index in [0.29, 0.717) is 11.6 Å². The van der Waals surface area contributed by atoms with Gasteiger partial charge in [-0.2, -0.15) is 23.7 Å². The van der Waals surface area contributed by atoms with Gasteiger partial charge in [-0.3, -0.25) is 4.79 Å². The van der Waals surface area contributed by atoms with Crippen LogP contribution in [0.15, 0.2) is 42.5 Å². The molecular formula is C20H14F3N3O4. The van der Waals surface area contributed by atoms with Gasteiger partial charge < -0.3 is 19.9 Å². The first kappa shape index (κ1) is 21.1. The molecule has 1 fully saturated rings. The van der Waals surface area contributed by atoms with Gasteiger partial charge in [0.25, 0.3) is 5.91 Å². The Kier molecular flexibility index (Phi) is 5.65. The van der Waals surface area contributed by atoms with Crippen LogP contribution >= 0.6 is 0 Å². The predicted octanol–water partition coefficient (Wildman–Crippen LogP) is 2.60. The fourth-order valence-corrected chi connectivity index (χ4v) is 2.86. The van der Waals surface area contributed by atoms with Crippen molar-refractivity contribution in [1.29, 1.82) is 10.5 Å². The van der Waals surface area contributed by atoms with E-state index in [0.717, 1.165) is 12.1 Å². The summed E-state index contributed by atoms with van der Waals surface area (Å²) in [5.41, 5.74) is -3.82. The van der Waals surface area contributed by atoms with Crippen LogP contribution in [0.2, 0.25) is 0 Å². The average molecular weight is 417 g/mol. The first-order valence-electron chi connectivity index (χ1n) is 8.57. The number of nitriles is 2. The van der Waals surface area contributed by atoms with E-state index in [-0.39, 0.29) is 18.0 Å². The molecule has 154 valence electrons. The lowest BCUT2D eigenvalue weighted by Gasteiger charge is -2.27. The highest BCUT2D eigenvalue weighted by Crippen LogP contribution is 2.34. The van der Waals surface area contributed by atoms with E-state index >= 15 is 0 Å². The van der Waals surface area contributed by atoms with Gasteiger partial charge in [-0.1, -0.05) is 0 Å². The zero-order valence-corrected chi connectivity index (χ0v) is 15.2. The number of carbonyl (C=O) groups excluding carboxylic acids is 1. The molecule has 0 aromatic heterocycles. The minimum atomic E-state index is -4.79. The van der Waals surface area contributed by atoms with Gasteiger partial charge >= 0.3 is 6.18 Å². The Labute approximate surface area is 168 Å². The second-order valence-corrected chi connectivity index (χ2v) is 6.51. The Morgan fingerprint density at radius 1 is 1.20 bits per heavy atom. The summed E-state index contributed by atoms with van der Waals surface area (Å²) in [6, 6.07) is 12.0. The predicted molar refractivity (Wildman–Crippen MR) is 96.1 cm³/mol. The summed E-state index contributed by atoms with van der Waals surface area (Å²) in [4.78, 5) is 12.6. The second kappa shape index (κ2) is 8.03. The third-order valence-corrected chi connectivity index (χ3v) is 4.48. The smallest absolute Gasteiger partial charge is 0.417 e. The lowest BCUT2D eigenvalue weighted by atomic mass is 9.98. The third kappa shape index (κ3) is 4.20. The van der Waals surface area contributed by atoms with E-state index in [9.17, 15) is 23.1 Å². The zero-order chi connectivity index (χ0) is 21.9. The number of carbonyl (C=O) groups is 1. The molecule has 2 aromatic carbocycles. The number of ether oxygens (including phenoxy) is 2. The molecule has 1 heterocycles. The third-order valence-electron chi connectivity index (χ3n) is 4.48. The van der Waals surface area contributed by atoms with Gasteiger partial charge in [-0.25, -0.2) is 0 Å². The van der Waals surface area contributed by atoms with Crippen molar-refractivity contribution in [3.63, 3.8) is 0 Å². The van der Waals surface area contributed by atoms with Crippen molar-refractivity contribution in [1.82, 2.24) is 0 Å². The number of anilines is 1. The Bertz CT molecular complexity index is 1040. The van der Waals surface area contributed by atoms with Crippen LogP contribution in [0.3, 0.4) is 0 Å². The van der Waals surface area contributed by atoms with Gasteiger partial charge in [0, 0.05) is 5.69 Å². The number of hydrogen-bond acceptors (Lipinski definition) is 6. The van der Waals surface area contributed by atoms with Gasteiger partial charge in [0.1, 0.15) is 5.75 Å². The number of aliphatic hydroxyl groups is 1. The monoisotopic (exact) mass is 417 g/mol. The molecule has 3 rings (SSSR count). The SMILES string of the molecule is N#Cc1ccc(OC2COCC2(O)C(=O)Nc2ccc(C#N)c(C(F)(F)F)c2)cc1. The normalized spacial score (nSPS) is 20.8. The number of nitrogens with one attached hydrogen (secondary N) is 1. The quantitative estimate of drug-likeness (QED) is 0.790. The van der Waals surface area contributed by atoms with E-state index < -0.39 is 41.5 Å². The molecule has 0 aliphatic carbocycles. The molecule has 2 atom stereocenters. The van der Waals surface area contributed by atoms with E-state index in [1.807, 2.05) is 6.07 Å². The fraction of sp³-hybridized carbons (Fsp3) is 0.250. The first-order valence-corrected chi connectivity index (χ1v) is 8.57. The maximum Gasteiger partial charge on any atom is 0.417 e. The molecule has 1 amide bonds. The summed E-state index contributed by atoms with van der Waals surface area (Å²) in [6.45, 7) is -0.562. The molecule has 1 saturated heterocycles. The minimum Gasteiger partial charge on any atom is -0.484 e. The Morgan fingerprint density at radius 3 is 2.50 bits per heavy atom. The second-order valence-electron chi connectivity index (χ2n) is 6.51. The number of benzene rings is 2. The van der Waals surface area contributed by atoms with E-state index in [1.165, 1.54) is 30.3 Å². The van der Waals surface area contributed by atoms with Gasteiger partial charge in [-0.05, 0) is 42.5 Å². The van der Waals surface area contributed by atoms with Crippen LogP contribution in [0.25, 0.3) is 0 Å². The van der Waals surface area contributed by atoms with Crippen molar-refractivity contribution in [2.45, 2.75) is 17.9 Å². The molecule has 0 saturated carbocycles. The Hall–Kier alpha value is -3.60. The lowest BCUT2D eigenvalue weighted by Crippen LogP contribution is -2.54. The summed E-state index contributed by atoms with van der Waals surface area (Å²) >= 11 is 0. The molecule has 2 aromatic rings. The molecule has 2 unspecified atom stereocenters. The van der Waals surface area contributed by atoms with E-state index in [2.05, 4.69) is 5.32 Å². The summed E-state index contributed by atoms with van der Waals surface area (Å²) in [5.74, 6) is -0.745. The first-order chi connectivity index (χ1) is 14.2. The molecule has 30 heavy (non-hydrogen) atoms. The Balaban J connectivity index is 1.79. The summed E-state index contributed by atoms with van der Waals surface area (Å²) in [5, 5.41) is 30.7. The van der Waals surface area contributed by atoms with Crippen LogP contribution in [0, 0.1) is 22.7 Å². The number of alkyl halides is 3. The van der Waals surface area contributed by atoms with Crippen LogP contribution < -0.4 is 10.1 Å². The van der Waals surface area contributed by atoms with Gasteiger partial charge in [-0.15, -0.1) is 0 Å². The number of rotatable bonds is 4. The van der Waals surface area contributed by atoms with Crippen LogP contribution in [-0.4, -0.2) is 35.9 Å². The van der Waals surface area contributed by atoms with Crippen LogP contribution in [0.1, 0.15) is 16.7 Å². The van der Waals surface area contributed by atoms with Gasteiger partial charge in [0.05, 0.1) is 42.0 Å². The molecule has 7 nitrogen and oxygen atoms in total. The fourth-order valence-electron chi connectivity index (χ4n) is 2.86. The molecule has 2 N–H and O–H groups in total. The molecule has 0 bridgehead atoms. The van der Waals surface area contributed by atoms with Crippen molar-refractivity contribution in [2.24, 2.45) is 0 Å². The molecule has 1 aliphatic rings. The number of nitrogens with zero attached hydrogens (tertiary/aromatic N) is 2. The van der Waals surface area contributed by atoms with E-state index in [1.54, 1.807) is 0 Å².